The van der Waals surface area contributed by atoms with Gasteiger partial charge in [-0.1, -0.05) is 37.6 Å². The van der Waals surface area contributed by atoms with Crippen LogP contribution in [-0.4, -0.2) is 6.67 Å². The number of rotatable bonds is 3. The topological polar surface area (TPSA) is 0 Å². The Bertz CT molecular complexity index is 132. The minimum Gasteiger partial charge on any atom is -0.247 e. The molecule has 58 valence electrons. The van der Waals surface area contributed by atoms with Gasteiger partial charge >= 0.3 is 0 Å². The summed E-state index contributed by atoms with van der Waals surface area (Å²) in [5.74, 6) is 0.544. The molecule has 1 heteroatoms. The van der Waals surface area contributed by atoms with Crippen LogP contribution in [0.3, 0.4) is 0 Å². The molecule has 0 saturated heterocycles. The highest BCUT2D eigenvalue weighted by Gasteiger charge is 1.84. The van der Waals surface area contributed by atoms with Gasteiger partial charge in [-0.2, -0.15) is 0 Å². The van der Waals surface area contributed by atoms with E-state index in [1.54, 1.807) is 6.08 Å². The Morgan fingerprint density at radius 3 is 2.50 bits per heavy atom. The summed E-state index contributed by atoms with van der Waals surface area (Å²) < 4.78 is 11.7. The van der Waals surface area contributed by atoms with Gasteiger partial charge in [-0.3, -0.25) is 0 Å². The molecular weight excluding hydrogens is 127 g/mol. The lowest BCUT2D eigenvalue weighted by molar-refractivity contribution is 0.560. The molecule has 0 spiro atoms. The van der Waals surface area contributed by atoms with Gasteiger partial charge in [0.15, 0.2) is 0 Å². The normalized spacial score (nSPS) is 13.5. The highest BCUT2D eigenvalue weighted by molar-refractivity contribution is 5.16. The third-order valence-corrected chi connectivity index (χ3v) is 1.14. The molecule has 0 unspecified atom stereocenters. The molecule has 0 fully saturated rings. The van der Waals surface area contributed by atoms with Crippen LogP contribution in [0.5, 0.6) is 0 Å². The molecule has 0 heterocycles. The highest BCUT2D eigenvalue weighted by atomic mass is 19.1. The quantitative estimate of drug-likeness (QED) is 0.531. The standard InChI is InChI=1S/C9H15F/c1-8(2)4-5-9(3)6-7-10/h4-6,8H,7H2,1-3H3/b5-4-,9-6-. The molecular formula is C9H15F. The van der Waals surface area contributed by atoms with Crippen molar-refractivity contribution in [1.29, 1.82) is 0 Å². The van der Waals surface area contributed by atoms with Crippen LogP contribution in [0, 0.1) is 5.92 Å². The van der Waals surface area contributed by atoms with Crippen molar-refractivity contribution in [2.24, 2.45) is 5.92 Å². The van der Waals surface area contributed by atoms with Crippen LogP contribution in [0.4, 0.5) is 4.39 Å². The van der Waals surface area contributed by atoms with E-state index in [0.717, 1.165) is 5.57 Å². The van der Waals surface area contributed by atoms with E-state index in [1.807, 2.05) is 13.0 Å². The number of hydrogen-bond donors (Lipinski definition) is 0. The van der Waals surface area contributed by atoms with Crippen molar-refractivity contribution in [2.75, 3.05) is 6.67 Å². The van der Waals surface area contributed by atoms with Crippen molar-refractivity contribution in [3.63, 3.8) is 0 Å². The fourth-order valence-electron chi connectivity index (χ4n) is 0.534. The number of alkyl halides is 1. The second kappa shape index (κ2) is 5.21. The smallest absolute Gasteiger partial charge is 0.108 e. The van der Waals surface area contributed by atoms with Crippen LogP contribution in [0.15, 0.2) is 23.8 Å². The van der Waals surface area contributed by atoms with Crippen LogP contribution in [0.25, 0.3) is 0 Å². The third kappa shape index (κ3) is 5.54. The third-order valence-electron chi connectivity index (χ3n) is 1.14. The molecule has 0 aliphatic heterocycles. The van der Waals surface area contributed by atoms with Gasteiger partial charge in [0, 0.05) is 0 Å². The molecule has 0 atom stereocenters. The fourth-order valence-corrected chi connectivity index (χ4v) is 0.534. The molecule has 0 aromatic heterocycles. The SMILES string of the molecule is CC(/C=C\C(C)C)=C/CF. The highest BCUT2D eigenvalue weighted by Crippen LogP contribution is 1.99. The molecule has 0 N–H and O–H groups in total. The Balaban J connectivity index is 3.77. The average Bonchev–Trinajstić information content (AvgIpc) is 1.85. The summed E-state index contributed by atoms with van der Waals surface area (Å²) in [5.41, 5.74) is 0.996. The molecule has 0 radical (unpaired) electrons. The van der Waals surface area contributed by atoms with Crippen LogP contribution in [0.2, 0.25) is 0 Å². The summed E-state index contributed by atoms with van der Waals surface area (Å²) in [5, 5.41) is 0. The lowest BCUT2D eigenvalue weighted by atomic mass is 10.1. The minimum atomic E-state index is -0.367. The monoisotopic (exact) mass is 142 g/mol. The van der Waals surface area contributed by atoms with Crippen molar-refractivity contribution in [3.05, 3.63) is 23.8 Å². The zero-order valence-corrected chi connectivity index (χ0v) is 6.89. The first-order chi connectivity index (χ1) is 4.66. The second-order valence-electron chi connectivity index (χ2n) is 2.71. The van der Waals surface area contributed by atoms with Gasteiger partial charge in [-0.15, -0.1) is 0 Å². The Labute approximate surface area is 62.4 Å². The molecule has 0 aliphatic rings. The Kier molecular flexibility index (Phi) is 4.91. The molecule has 0 aliphatic carbocycles. The zero-order valence-electron chi connectivity index (χ0n) is 6.89. The number of hydrogen-bond acceptors (Lipinski definition) is 0. The van der Waals surface area contributed by atoms with Gasteiger partial charge in [-0.05, 0) is 12.8 Å². The lowest BCUT2D eigenvalue weighted by Crippen LogP contribution is -1.78. The number of allylic oxidation sites excluding steroid dienone is 4. The maximum Gasteiger partial charge on any atom is 0.108 e. The van der Waals surface area contributed by atoms with E-state index in [0.29, 0.717) is 5.92 Å². The van der Waals surface area contributed by atoms with E-state index in [4.69, 9.17) is 0 Å². The first-order valence-electron chi connectivity index (χ1n) is 3.57. The molecule has 0 amide bonds. The molecule has 0 aromatic rings. The summed E-state index contributed by atoms with van der Waals surface area (Å²) in [6, 6.07) is 0. The lowest BCUT2D eigenvalue weighted by Gasteiger charge is -1.93. The maximum atomic E-state index is 11.7. The van der Waals surface area contributed by atoms with Crippen LogP contribution < -0.4 is 0 Å². The summed E-state index contributed by atoms with van der Waals surface area (Å²) in [7, 11) is 0. The second-order valence-corrected chi connectivity index (χ2v) is 2.71. The predicted molar refractivity (Wildman–Crippen MR) is 43.7 cm³/mol. The zero-order chi connectivity index (χ0) is 7.98. The van der Waals surface area contributed by atoms with Crippen molar-refractivity contribution in [3.8, 4) is 0 Å². The van der Waals surface area contributed by atoms with Crippen LogP contribution in [-0.2, 0) is 0 Å². The summed E-state index contributed by atoms with van der Waals surface area (Å²) >= 11 is 0. The summed E-state index contributed by atoms with van der Waals surface area (Å²) in [6.45, 7) is 5.73. The number of halogens is 1. The minimum absolute atomic E-state index is 0.367. The predicted octanol–water partition coefficient (Wildman–Crippen LogP) is 3.11. The fraction of sp³-hybridized carbons (Fsp3) is 0.556. The van der Waals surface area contributed by atoms with E-state index in [-0.39, 0.29) is 6.67 Å². The van der Waals surface area contributed by atoms with Gasteiger partial charge < -0.3 is 0 Å². The van der Waals surface area contributed by atoms with Gasteiger partial charge in [0.1, 0.15) is 6.67 Å². The Morgan fingerprint density at radius 1 is 1.50 bits per heavy atom. The Hall–Kier alpha value is -0.590. The van der Waals surface area contributed by atoms with Crippen molar-refractivity contribution >= 4 is 0 Å². The van der Waals surface area contributed by atoms with E-state index in [1.165, 1.54) is 0 Å². The van der Waals surface area contributed by atoms with Crippen molar-refractivity contribution in [2.45, 2.75) is 20.8 Å². The van der Waals surface area contributed by atoms with Gasteiger partial charge in [0.25, 0.3) is 0 Å². The van der Waals surface area contributed by atoms with E-state index < -0.39 is 0 Å². The van der Waals surface area contributed by atoms with Crippen molar-refractivity contribution < 1.29 is 4.39 Å². The molecule has 0 nitrogen and oxygen atoms in total. The molecule has 0 aromatic carbocycles. The maximum absolute atomic E-state index is 11.7. The van der Waals surface area contributed by atoms with Crippen molar-refractivity contribution in [1.82, 2.24) is 0 Å². The first-order valence-corrected chi connectivity index (χ1v) is 3.57. The largest absolute Gasteiger partial charge is 0.247 e. The van der Waals surface area contributed by atoms with Crippen LogP contribution in [0.1, 0.15) is 20.8 Å². The first kappa shape index (κ1) is 9.41. The van der Waals surface area contributed by atoms with Gasteiger partial charge in [0.05, 0.1) is 0 Å². The molecule has 0 bridgehead atoms. The molecule has 0 saturated carbocycles. The van der Waals surface area contributed by atoms with Crippen LogP contribution >= 0.6 is 0 Å². The summed E-state index contributed by atoms with van der Waals surface area (Å²) in [4.78, 5) is 0. The van der Waals surface area contributed by atoms with E-state index in [2.05, 4.69) is 19.9 Å². The average molecular weight is 142 g/mol. The van der Waals surface area contributed by atoms with Gasteiger partial charge in [0.2, 0.25) is 0 Å². The van der Waals surface area contributed by atoms with Gasteiger partial charge in [-0.25, -0.2) is 4.39 Å². The van der Waals surface area contributed by atoms with E-state index in [9.17, 15) is 4.39 Å². The molecule has 0 rings (SSSR count). The molecule has 10 heavy (non-hydrogen) atoms. The summed E-state index contributed by atoms with van der Waals surface area (Å²) in [6.07, 6.45) is 5.57. The van der Waals surface area contributed by atoms with E-state index >= 15 is 0 Å². The Morgan fingerprint density at radius 2 is 2.10 bits per heavy atom.